The van der Waals surface area contributed by atoms with Crippen LogP contribution in [0.15, 0.2) is 134 Å². The Morgan fingerprint density at radius 3 is 1.87 bits per heavy atom. The molecule has 0 fully saturated rings. The van der Waals surface area contributed by atoms with Crippen LogP contribution >= 0.6 is 0 Å². The largest absolute Gasteiger partial charge is 0.509 e. The van der Waals surface area contributed by atoms with Crippen molar-refractivity contribution in [3.05, 3.63) is 175 Å². The summed E-state index contributed by atoms with van der Waals surface area (Å²) in [4.78, 5) is 9.38. The van der Waals surface area contributed by atoms with Crippen molar-refractivity contribution in [3.63, 3.8) is 0 Å². The maximum Gasteiger partial charge on any atom is 0.139 e. The van der Waals surface area contributed by atoms with Gasteiger partial charge in [-0.25, -0.2) is 4.98 Å². The van der Waals surface area contributed by atoms with Gasteiger partial charge in [-0.2, -0.15) is 12.1 Å². The number of hydrogen-bond donors (Lipinski definition) is 0. The quantitative estimate of drug-likeness (QED) is 0.135. The number of ether oxygens (including phenoxy) is 2. The van der Waals surface area contributed by atoms with Gasteiger partial charge in [0.05, 0.1) is 0 Å². The minimum Gasteiger partial charge on any atom is -0.509 e. The summed E-state index contributed by atoms with van der Waals surface area (Å²) in [5.41, 5.74) is 11.1. The summed E-state index contributed by atoms with van der Waals surface area (Å²) in [6, 6.07) is 51.7. The van der Waals surface area contributed by atoms with E-state index in [1.807, 2.05) is 36.5 Å². The summed E-state index contributed by atoms with van der Waals surface area (Å²) in [5.74, 6) is 4.18. The topological polar surface area (TPSA) is 42.8 Å². The normalized spacial score (nSPS) is 13.0. The number of benzene rings is 6. The molecule has 0 amide bonds. The molecule has 0 saturated heterocycles. The number of para-hydroxylation sites is 4. The third-order valence-electron chi connectivity index (χ3n) is 11.8. The summed E-state index contributed by atoms with van der Waals surface area (Å²) in [6.07, 6.45) is 1.82. The molecule has 6 aromatic carbocycles. The molecular weight excluding hydrogens is 956 g/mol. The molecule has 0 radical (unpaired) electrons. The molecule has 1 aliphatic rings. The summed E-state index contributed by atoms with van der Waals surface area (Å²) >= 11 is 0. The molecule has 3 heterocycles. The predicted octanol–water partition coefficient (Wildman–Crippen LogP) is 15.6. The van der Waals surface area contributed by atoms with Gasteiger partial charge in [0.15, 0.2) is 0 Å². The van der Waals surface area contributed by atoms with Gasteiger partial charge in [0.2, 0.25) is 0 Å². The number of anilines is 4. The second-order valence-corrected chi connectivity index (χ2v) is 19.1. The van der Waals surface area contributed by atoms with Crippen molar-refractivity contribution in [2.24, 2.45) is 0 Å². The first kappa shape index (κ1) is 43.8. The van der Waals surface area contributed by atoms with E-state index in [0.717, 1.165) is 61.9 Å². The number of fused-ring (bicyclic) bond motifs is 4. The first-order chi connectivity index (χ1) is 29.6. The van der Waals surface area contributed by atoms with Gasteiger partial charge in [-0.05, 0) is 86.7 Å². The Morgan fingerprint density at radius 1 is 0.587 bits per heavy atom. The number of hydrogen-bond acceptors (Lipinski definition) is 5. The van der Waals surface area contributed by atoms with Crippen LogP contribution in [0.2, 0.25) is 0 Å². The molecule has 2 aromatic heterocycles. The molecule has 9 rings (SSSR count). The molecular formula is C56H55N4O2Pt-3. The number of nitrogens with zero attached hydrogens (tertiary/aromatic N) is 4. The summed E-state index contributed by atoms with van der Waals surface area (Å²) < 4.78 is 15.5. The van der Waals surface area contributed by atoms with Crippen molar-refractivity contribution in [1.82, 2.24) is 9.55 Å². The van der Waals surface area contributed by atoms with Gasteiger partial charge in [-0.3, -0.25) is 0 Å². The second kappa shape index (κ2) is 17.0. The molecule has 0 N–H and O–H groups in total. The van der Waals surface area contributed by atoms with Gasteiger partial charge < -0.3 is 23.8 Å². The van der Waals surface area contributed by atoms with E-state index >= 15 is 0 Å². The maximum atomic E-state index is 6.77. The van der Waals surface area contributed by atoms with Gasteiger partial charge in [-0.15, -0.1) is 48.1 Å². The van der Waals surface area contributed by atoms with E-state index in [2.05, 4.69) is 199 Å². The first-order valence-electron chi connectivity index (χ1n) is 21.8. The fourth-order valence-electron chi connectivity index (χ4n) is 8.36. The molecule has 0 unspecified atom stereocenters. The minimum atomic E-state index is -0.00439. The molecule has 0 saturated carbocycles. The van der Waals surface area contributed by atoms with E-state index in [0.29, 0.717) is 23.3 Å². The Balaban J connectivity index is 0.00000544. The summed E-state index contributed by atoms with van der Waals surface area (Å²) in [6.45, 7) is 24.7. The SMILES string of the molecule is CC(C)c1cccc(C(C)C)c1Oc1ccnc(-n2c3[c-]c(Oc4[c-]c(N5[CH-]N(c6cc(C(C)(C)C)cc(C(C)(C)C)c6)c6ccccc65)ccc4)ccc3c3ccccc32)c1.[Pt]. The second-order valence-electron chi connectivity index (χ2n) is 19.1. The van der Waals surface area contributed by atoms with Crippen molar-refractivity contribution in [3.8, 4) is 28.8 Å². The molecule has 324 valence electrons. The molecule has 7 heteroatoms. The number of pyridine rings is 1. The maximum absolute atomic E-state index is 6.77. The van der Waals surface area contributed by atoms with Crippen molar-refractivity contribution in [2.45, 2.75) is 91.9 Å². The molecule has 1 aliphatic heterocycles. The van der Waals surface area contributed by atoms with Gasteiger partial charge in [0, 0.05) is 67.4 Å². The minimum absolute atomic E-state index is 0. The van der Waals surface area contributed by atoms with Gasteiger partial charge in [-0.1, -0.05) is 129 Å². The average Bonchev–Trinajstić information content (AvgIpc) is 3.79. The smallest absolute Gasteiger partial charge is 0.139 e. The number of aromatic nitrogens is 2. The van der Waals surface area contributed by atoms with Crippen LogP contribution in [0.1, 0.15) is 103 Å². The van der Waals surface area contributed by atoms with Crippen LogP contribution in [0, 0.1) is 18.8 Å². The Kier molecular flexibility index (Phi) is 11.8. The van der Waals surface area contributed by atoms with Gasteiger partial charge in [0.25, 0.3) is 0 Å². The van der Waals surface area contributed by atoms with Crippen LogP contribution in [-0.4, -0.2) is 9.55 Å². The fraction of sp³-hybridized carbons (Fsp3) is 0.250. The van der Waals surface area contributed by atoms with Gasteiger partial charge in [0.1, 0.15) is 17.3 Å². The Bertz CT molecular complexity index is 2890. The molecule has 8 aromatic rings. The molecule has 0 atom stereocenters. The van der Waals surface area contributed by atoms with E-state index < -0.39 is 0 Å². The average molecular weight is 1010 g/mol. The van der Waals surface area contributed by atoms with Crippen molar-refractivity contribution in [1.29, 1.82) is 0 Å². The van der Waals surface area contributed by atoms with E-state index in [1.165, 1.54) is 22.3 Å². The van der Waals surface area contributed by atoms with E-state index in [-0.39, 0.29) is 31.9 Å². The summed E-state index contributed by atoms with van der Waals surface area (Å²) in [5, 5.41) is 2.16. The first-order valence-corrected chi connectivity index (χ1v) is 21.8. The van der Waals surface area contributed by atoms with Crippen LogP contribution in [-0.2, 0) is 31.9 Å². The van der Waals surface area contributed by atoms with E-state index in [4.69, 9.17) is 14.5 Å². The third-order valence-corrected chi connectivity index (χ3v) is 11.8. The zero-order valence-corrected chi connectivity index (χ0v) is 40.1. The molecule has 0 spiro atoms. The summed E-state index contributed by atoms with van der Waals surface area (Å²) in [7, 11) is 0. The van der Waals surface area contributed by atoms with Crippen LogP contribution < -0.4 is 19.3 Å². The monoisotopic (exact) mass is 1010 g/mol. The Hall–Kier alpha value is -5.84. The van der Waals surface area contributed by atoms with Crippen LogP contribution in [0.25, 0.3) is 27.6 Å². The Morgan fingerprint density at radius 2 is 1.21 bits per heavy atom. The molecule has 0 aliphatic carbocycles. The van der Waals surface area contributed by atoms with E-state index in [1.54, 1.807) is 0 Å². The van der Waals surface area contributed by atoms with Crippen LogP contribution in [0.3, 0.4) is 0 Å². The zero-order valence-electron chi connectivity index (χ0n) is 37.9. The standard InChI is InChI=1S/C56H55N4O2.Pt/c1-36(2)45-20-16-21-46(37(3)4)54(45)62-44-27-28-57-53(34-44)60-49-22-12-11-19-47(49)48-26-25-43(33-52(48)60)61-42-18-15-17-40(32-42)58-35-59(51-24-14-13-23-50(51)58)41-30-38(55(5,6)7)29-39(31-41)56(8,9)10;/h11-31,34-37H,1-10H3;/q-3;. The Labute approximate surface area is 387 Å². The predicted molar refractivity (Wildman–Crippen MR) is 256 cm³/mol. The zero-order chi connectivity index (χ0) is 43.5. The number of rotatable bonds is 9. The molecule has 6 nitrogen and oxygen atoms in total. The molecule has 0 bridgehead atoms. The van der Waals surface area contributed by atoms with Crippen molar-refractivity contribution >= 4 is 44.6 Å². The van der Waals surface area contributed by atoms with Crippen molar-refractivity contribution in [2.75, 3.05) is 9.80 Å². The van der Waals surface area contributed by atoms with Crippen LogP contribution in [0.5, 0.6) is 23.0 Å². The molecule has 63 heavy (non-hydrogen) atoms. The van der Waals surface area contributed by atoms with E-state index in [9.17, 15) is 0 Å². The van der Waals surface area contributed by atoms with Crippen molar-refractivity contribution < 1.29 is 30.5 Å². The fourth-order valence-corrected chi connectivity index (χ4v) is 8.36. The van der Waals surface area contributed by atoms with Gasteiger partial charge >= 0.3 is 0 Å². The third kappa shape index (κ3) is 8.51. The van der Waals surface area contributed by atoms with Crippen LogP contribution in [0.4, 0.5) is 22.7 Å².